The summed E-state index contributed by atoms with van der Waals surface area (Å²) < 4.78 is 0.835. The van der Waals surface area contributed by atoms with Crippen molar-refractivity contribution < 1.29 is 14.7 Å². The summed E-state index contributed by atoms with van der Waals surface area (Å²) >= 11 is 7.90. The van der Waals surface area contributed by atoms with Crippen molar-refractivity contribution in [2.45, 2.75) is 13.0 Å². The van der Waals surface area contributed by atoms with Gasteiger partial charge in [0, 0.05) is 9.13 Å². The van der Waals surface area contributed by atoms with Crippen LogP contribution in [0.3, 0.4) is 0 Å². The fourth-order valence-electron chi connectivity index (χ4n) is 0.979. The zero-order valence-corrected chi connectivity index (χ0v) is 11.2. The zero-order valence-electron chi connectivity index (χ0n) is 8.33. The third-order valence-corrected chi connectivity index (χ3v) is 3.47. The highest BCUT2D eigenvalue weighted by Crippen LogP contribution is 2.19. The first-order chi connectivity index (χ1) is 7.41. The van der Waals surface area contributed by atoms with Gasteiger partial charge in [-0.3, -0.25) is 9.59 Å². The minimum Gasteiger partial charge on any atom is -0.480 e. The number of amides is 1. The van der Waals surface area contributed by atoms with Crippen molar-refractivity contribution in [2.75, 3.05) is 0 Å². The number of carbonyl (C=O) groups is 2. The molecule has 0 saturated carbocycles. The highest BCUT2D eigenvalue weighted by atomic mass is 127. The molecule has 0 fully saturated rings. The number of halogens is 2. The fraction of sp³-hybridized carbons (Fsp3) is 0.200. The molecule has 1 amide bonds. The number of carboxylic acid groups (broad SMARTS) is 1. The summed E-state index contributed by atoms with van der Waals surface area (Å²) in [6.45, 7) is 1.40. The van der Waals surface area contributed by atoms with Gasteiger partial charge in [0.05, 0.1) is 5.02 Å². The van der Waals surface area contributed by atoms with Crippen LogP contribution in [0, 0.1) is 3.57 Å². The summed E-state index contributed by atoms with van der Waals surface area (Å²) in [5, 5.41) is 11.4. The van der Waals surface area contributed by atoms with Gasteiger partial charge in [0.15, 0.2) is 0 Å². The Hall–Kier alpha value is -0.820. The molecular weight excluding hydrogens is 344 g/mol. The minimum absolute atomic E-state index is 0.346. The highest BCUT2D eigenvalue weighted by Gasteiger charge is 2.15. The molecule has 0 aliphatic heterocycles. The van der Waals surface area contributed by atoms with E-state index in [4.69, 9.17) is 16.7 Å². The molecular formula is C10H9ClINO3. The molecule has 6 heteroatoms. The Morgan fingerprint density at radius 2 is 2.12 bits per heavy atom. The van der Waals surface area contributed by atoms with Crippen LogP contribution in [0.1, 0.15) is 17.3 Å². The molecule has 1 rings (SSSR count). The van der Waals surface area contributed by atoms with E-state index in [0.717, 1.165) is 3.57 Å². The summed E-state index contributed by atoms with van der Waals surface area (Å²) in [5.41, 5.74) is 0.346. The molecule has 0 bridgehead atoms. The molecule has 2 N–H and O–H groups in total. The topological polar surface area (TPSA) is 66.4 Å². The van der Waals surface area contributed by atoms with Gasteiger partial charge in [0.1, 0.15) is 6.04 Å². The molecule has 0 radical (unpaired) electrons. The Morgan fingerprint density at radius 3 is 2.62 bits per heavy atom. The molecule has 0 saturated heterocycles. The van der Waals surface area contributed by atoms with Gasteiger partial charge in [0.25, 0.3) is 5.91 Å². The van der Waals surface area contributed by atoms with Crippen LogP contribution in [-0.4, -0.2) is 23.0 Å². The van der Waals surface area contributed by atoms with Crippen molar-refractivity contribution in [1.29, 1.82) is 0 Å². The minimum atomic E-state index is -1.08. The summed E-state index contributed by atoms with van der Waals surface area (Å²) in [7, 11) is 0. The van der Waals surface area contributed by atoms with Crippen LogP contribution in [0.25, 0.3) is 0 Å². The van der Waals surface area contributed by atoms with Crippen molar-refractivity contribution in [2.24, 2.45) is 0 Å². The van der Waals surface area contributed by atoms with Gasteiger partial charge in [-0.15, -0.1) is 0 Å². The van der Waals surface area contributed by atoms with Crippen molar-refractivity contribution in [1.82, 2.24) is 5.32 Å². The number of hydrogen-bond donors (Lipinski definition) is 2. The quantitative estimate of drug-likeness (QED) is 0.818. The molecule has 1 aromatic carbocycles. The van der Waals surface area contributed by atoms with Crippen LogP contribution in [0.15, 0.2) is 18.2 Å². The second kappa shape index (κ2) is 5.49. The Labute approximate surface area is 111 Å². The molecule has 86 valence electrons. The lowest BCUT2D eigenvalue weighted by atomic mass is 10.2. The van der Waals surface area contributed by atoms with Gasteiger partial charge in [0.2, 0.25) is 0 Å². The number of hydrogen-bond acceptors (Lipinski definition) is 2. The monoisotopic (exact) mass is 353 g/mol. The number of carboxylic acids is 1. The van der Waals surface area contributed by atoms with E-state index in [-0.39, 0.29) is 0 Å². The standard InChI is InChI=1S/C10H9ClINO3/c1-5(10(15)16)13-9(14)6-2-3-8(12)7(11)4-6/h2-5H,1H3,(H,13,14)(H,15,16). The lowest BCUT2D eigenvalue weighted by Gasteiger charge is -2.09. The maximum absolute atomic E-state index is 11.6. The molecule has 0 aliphatic rings. The average Bonchev–Trinajstić information content (AvgIpc) is 2.21. The lowest BCUT2D eigenvalue weighted by molar-refractivity contribution is -0.138. The van der Waals surface area contributed by atoms with Crippen LogP contribution < -0.4 is 5.32 Å². The highest BCUT2D eigenvalue weighted by molar-refractivity contribution is 14.1. The second-order valence-corrected chi connectivity index (χ2v) is 4.73. The van der Waals surface area contributed by atoms with Gasteiger partial charge < -0.3 is 10.4 Å². The van der Waals surface area contributed by atoms with Gasteiger partial charge in [-0.05, 0) is 47.7 Å². The predicted molar refractivity (Wildman–Crippen MR) is 68.7 cm³/mol. The van der Waals surface area contributed by atoms with Crippen molar-refractivity contribution in [3.05, 3.63) is 32.4 Å². The maximum atomic E-state index is 11.6. The van der Waals surface area contributed by atoms with E-state index in [9.17, 15) is 9.59 Å². The summed E-state index contributed by atoms with van der Waals surface area (Å²) in [5.74, 6) is -1.53. The Morgan fingerprint density at radius 1 is 1.50 bits per heavy atom. The van der Waals surface area contributed by atoms with Crippen molar-refractivity contribution in [3.8, 4) is 0 Å². The number of nitrogens with one attached hydrogen (secondary N) is 1. The van der Waals surface area contributed by atoms with Gasteiger partial charge in [-0.1, -0.05) is 11.6 Å². The molecule has 0 aromatic heterocycles. The first kappa shape index (κ1) is 13.2. The van der Waals surface area contributed by atoms with E-state index in [0.29, 0.717) is 10.6 Å². The fourth-order valence-corrected chi connectivity index (χ4v) is 1.50. The molecule has 4 nitrogen and oxygen atoms in total. The summed E-state index contributed by atoms with van der Waals surface area (Å²) in [6, 6.07) is 3.87. The Kier molecular flexibility index (Phi) is 4.55. The van der Waals surface area contributed by atoms with Gasteiger partial charge in [-0.25, -0.2) is 0 Å². The maximum Gasteiger partial charge on any atom is 0.325 e. The third-order valence-electron chi connectivity index (χ3n) is 1.90. The summed E-state index contributed by atoms with van der Waals surface area (Å²) in [4.78, 5) is 22.1. The van der Waals surface area contributed by atoms with Crippen LogP contribution in [0.4, 0.5) is 0 Å². The van der Waals surface area contributed by atoms with Crippen LogP contribution in [0.5, 0.6) is 0 Å². The SMILES string of the molecule is CC(NC(=O)c1ccc(I)c(Cl)c1)C(=O)O. The number of rotatable bonds is 3. The Balaban J connectivity index is 2.81. The lowest BCUT2D eigenvalue weighted by Crippen LogP contribution is -2.38. The molecule has 1 atom stereocenters. The molecule has 1 aromatic rings. The van der Waals surface area contributed by atoms with E-state index in [1.165, 1.54) is 13.0 Å². The van der Waals surface area contributed by atoms with Crippen LogP contribution in [0.2, 0.25) is 5.02 Å². The van der Waals surface area contributed by atoms with Crippen LogP contribution >= 0.6 is 34.2 Å². The van der Waals surface area contributed by atoms with Crippen LogP contribution in [-0.2, 0) is 4.79 Å². The predicted octanol–water partition coefficient (Wildman–Crippen LogP) is 2.15. The van der Waals surface area contributed by atoms with E-state index in [2.05, 4.69) is 5.32 Å². The van der Waals surface area contributed by atoms with E-state index in [1.54, 1.807) is 12.1 Å². The first-order valence-electron chi connectivity index (χ1n) is 4.40. The van der Waals surface area contributed by atoms with E-state index in [1.807, 2.05) is 22.6 Å². The molecule has 0 aliphatic carbocycles. The van der Waals surface area contributed by atoms with E-state index < -0.39 is 17.9 Å². The summed E-state index contributed by atoms with van der Waals surface area (Å²) in [6.07, 6.45) is 0. The van der Waals surface area contributed by atoms with Gasteiger partial charge >= 0.3 is 5.97 Å². The normalized spacial score (nSPS) is 11.9. The number of aliphatic carboxylic acids is 1. The van der Waals surface area contributed by atoms with E-state index >= 15 is 0 Å². The molecule has 1 unspecified atom stereocenters. The van der Waals surface area contributed by atoms with Gasteiger partial charge in [-0.2, -0.15) is 0 Å². The third kappa shape index (κ3) is 3.34. The largest absolute Gasteiger partial charge is 0.480 e. The average molecular weight is 354 g/mol. The second-order valence-electron chi connectivity index (χ2n) is 3.16. The van der Waals surface area contributed by atoms with Crippen molar-refractivity contribution >= 4 is 46.1 Å². The zero-order chi connectivity index (χ0) is 12.3. The Bertz CT molecular complexity index is 436. The smallest absolute Gasteiger partial charge is 0.325 e. The number of benzene rings is 1. The molecule has 0 spiro atoms. The number of carbonyl (C=O) groups excluding carboxylic acids is 1. The molecule has 0 heterocycles. The molecule has 16 heavy (non-hydrogen) atoms. The van der Waals surface area contributed by atoms with Crippen molar-refractivity contribution in [3.63, 3.8) is 0 Å². The first-order valence-corrected chi connectivity index (χ1v) is 5.86.